The minimum atomic E-state index is -1.09. The first-order valence-corrected chi connectivity index (χ1v) is 3.70. The Labute approximate surface area is 74.8 Å². The molecular formula is C8H10N2O3. The highest BCUT2D eigenvalue weighted by Gasteiger charge is 2.14. The zero-order valence-electron chi connectivity index (χ0n) is 6.84. The topological polar surface area (TPSA) is 96.4 Å². The van der Waals surface area contributed by atoms with Crippen LogP contribution in [0.3, 0.4) is 0 Å². The summed E-state index contributed by atoms with van der Waals surface area (Å²) in [5.74, 6) is -1.09. The van der Waals surface area contributed by atoms with E-state index >= 15 is 0 Å². The molecule has 70 valence electrons. The molecule has 5 nitrogen and oxygen atoms in total. The Kier molecular flexibility index (Phi) is 2.94. The number of rotatable bonds is 3. The van der Waals surface area contributed by atoms with Crippen LogP contribution in [0.4, 0.5) is 0 Å². The molecule has 0 aliphatic rings. The number of pyridine rings is 1. The molecular weight excluding hydrogens is 172 g/mol. The van der Waals surface area contributed by atoms with Crippen LogP contribution in [0.1, 0.15) is 22.0 Å². The molecule has 0 aromatic carbocycles. The molecule has 0 amide bonds. The quantitative estimate of drug-likeness (QED) is 0.600. The molecule has 4 N–H and O–H groups in total. The summed E-state index contributed by atoms with van der Waals surface area (Å²) >= 11 is 0. The minimum absolute atomic E-state index is 0.0315. The Bertz CT molecular complexity index is 314. The first-order chi connectivity index (χ1) is 6.16. The maximum atomic E-state index is 10.7. The van der Waals surface area contributed by atoms with Crippen LogP contribution in [-0.2, 0) is 0 Å². The van der Waals surface area contributed by atoms with Crippen molar-refractivity contribution in [1.29, 1.82) is 0 Å². The van der Waals surface area contributed by atoms with Crippen LogP contribution >= 0.6 is 0 Å². The van der Waals surface area contributed by atoms with Crippen molar-refractivity contribution in [3.05, 3.63) is 29.6 Å². The van der Waals surface area contributed by atoms with Gasteiger partial charge in [-0.1, -0.05) is 0 Å². The van der Waals surface area contributed by atoms with Crippen LogP contribution < -0.4 is 5.73 Å². The first-order valence-electron chi connectivity index (χ1n) is 3.70. The predicted octanol–water partition coefficient (Wildman–Crippen LogP) is -0.228. The van der Waals surface area contributed by atoms with Crippen LogP contribution in [0.2, 0.25) is 0 Å². The summed E-state index contributed by atoms with van der Waals surface area (Å²) in [5, 5.41) is 17.5. The lowest BCUT2D eigenvalue weighted by Gasteiger charge is -2.10. The molecule has 0 aliphatic carbocycles. The summed E-state index contributed by atoms with van der Waals surface area (Å²) in [6, 6.07) is 0.818. The van der Waals surface area contributed by atoms with Crippen LogP contribution in [0, 0.1) is 0 Å². The van der Waals surface area contributed by atoms with Gasteiger partial charge in [0.2, 0.25) is 0 Å². The van der Waals surface area contributed by atoms with Gasteiger partial charge in [-0.25, -0.2) is 4.79 Å². The number of carboxylic acids is 1. The molecule has 0 aliphatic heterocycles. The summed E-state index contributed by atoms with van der Waals surface area (Å²) in [6.07, 6.45) is 2.66. The number of aromatic carboxylic acids is 1. The van der Waals surface area contributed by atoms with Gasteiger partial charge in [0.15, 0.2) is 0 Å². The van der Waals surface area contributed by atoms with Crippen LogP contribution in [0.5, 0.6) is 0 Å². The largest absolute Gasteiger partial charge is 0.478 e. The third-order valence-electron chi connectivity index (χ3n) is 1.68. The SMILES string of the molecule is N[C@H](CO)c1ccncc1C(=O)O. The number of hydrogen-bond donors (Lipinski definition) is 3. The van der Waals surface area contributed by atoms with Gasteiger partial charge < -0.3 is 15.9 Å². The smallest absolute Gasteiger partial charge is 0.337 e. The van der Waals surface area contributed by atoms with Crippen LogP contribution in [0.15, 0.2) is 18.5 Å². The molecule has 0 fully saturated rings. The fourth-order valence-corrected chi connectivity index (χ4v) is 1.01. The van der Waals surface area contributed by atoms with E-state index in [1.54, 1.807) is 0 Å². The van der Waals surface area contributed by atoms with Crippen LogP contribution in [0.25, 0.3) is 0 Å². The third kappa shape index (κ3) is 2.01. The van der Waals surface area contributed by atoms with Crippen molar-refractivity contribution in [1.82, 2.24) is 4.98 Å². The number of hydrogen-bond acceptors (Lipinski definition) is 4. The summed E-state index contributed by atoms with van der Waals surface area (Å²) in [7, 11) is 0. The number of carboxylic acid groups (broad SMARTS) is 1. The number of nitrogens with two attached hydrogens (primary N) is 1. The Morgan fingerprint density at radius 2 is 2.38 bits per heavy atom. The van der Waals surface area contributed by atoms with Crippen molar-refractivity contribution in [3.8, 4) is 0 Å². The summed E-state index contributed by atoms with van der Waals surface area (Å²) < 4.78 is 0. The molecule has 0 bridgehead atoms. The van der Waals surface area contributed by atoms with E-state index in [0.717, 1.165) is 0 Å². The standard InChI is InChI=1S/C8H10N2O3/c9-7(4-11)5-1-2-10-3-6(5)8(12)13/h1-3,7,11H,4,9H2,(H,12,13)/t7-/m1/s1. The molecule has 0 spiro atoms. The molecule has 1 atom stereocenters. The Hall–Kier alpha value is -1.46. The molecule has 5 heteroatoms. The van der Waals surface area contributed by atoms with Crippen molar-refractivity contribution in [3.63, 3.8) is 0 Å². The highest BCUT2D eigenvalue weighted by atomic mass is 16.4. The van der Waals surface area contributed by atoms with E-state index < -0.39 is 12.0 Å². The highest BCUT2D eigenvalue weighted by molar-refractivity contribution is 5.89. The van der Waals surface area contributed by atoms with E-state index in [1.165, 1.54) is 18.5 Å². The van der Waals surface area contributed by atoms with Crippen molar-refractivity contribution in [2.45, 2.75) is 6.04 Å². The molecule has 1 rings (SSSR count). The average molecular weight is 182 g/mol. The summed E-state index contributed by atoms with van der Waals surface area (Å²) in [5.41, 5.74) is 5.92. The van der Waals surface area contributed by atoms with Crippen molar-refractivity contribution in [2.75, 3.05) is 6.61 Å². The van der Waals surface area contributed by atoms with E-state index in [0.29, 0.717) is 5.56 Å². The maximum absolute atomic E-state index is 10.7. The molecule has 1 aromatic heterocycles. The normalized spacial score (nSPS) is 12.5. The number of aromatic nitrogens is 1. The molecule has 0 unspecified atom stereocenters. The number of aliphatic hydroxyl groups is 1. The lowest BCUT2D eigenvalue weighted by atomic mass is 10.0. The van der Waals surface area contributed by atoms with E-state index in [1.807, 2.05) is 0 Å². The Balaban J connectivity index is 3.11. The lowest BCUT2D eigenvalue weighted by molar-refractivity contribution is 0.0694. The second-order valence-corrected chi connectivity index (χ2v) is 2.56. The van der Waals surface area contributed by atoms with Gasteiger partial charge in [0, 0.05) is 12.4 Å². The summed E-state index contributed by atoms with van der Waals surface area (Å²) in [4.78, 5) is 14.3. The third-order valence-corrected chi connectivity index (χ3v) is 1.68. The van der Waals surface area contributed by atoms with E-state index in [-0.39, 0.29) is 12.2 Å². The van der Waals surface area contributed by atoms with Gasteiger partial charge in [-0.2, -0.15) is 0 Å². The molecule has 0 saturated heterocycles. The van der Waals surface area contributed by atoms with Crippen LogP contribution in [-0.4, -0.2) is 27.8 Å². The van der Waals surface area contributed by atoms with E-state index in [9.17, 15) is 4.79 Å². The fraction of sp³-hybridized carbons (Fsp3) is 0.250. The zero-order valence-corrected chi connectivity index (χ0v) is 6.84. The molecule has 1 heterocycles. The zero-order chi connectivity index (χ0) is 9.84. The summed E-state index contributed by atoms with van der Waals surface area (Å²) in [6.45, 7) is -0.287. The highest BCUT2D eigenvalue weighted by Crippen LogP contribution is 2.14. The van der Waals surface area contributed by atoms with Gasteiger partial charge in [-0.15, -0.1) is 0 Å². The van der Waals surface area contributed by atoms with Crippen molar-refractivity contribution in [2.24, 2.45) is 5.73 Å². The Morgan fingerprint density at radius 3 is 2.92 bits per heavy atom. The number of nitrogens with zero attached hydrogens (tertiary/aromatic N) is 1. The predicted molar refractivity (Wildman–Crippen MR) is 45.2 cm³/mol. The fourth-order valence-electron chi connectivity index (χ4n) is 1.01. The molecule has 1 aromatic rings. The number of aliphatic hydroxyl groups excluding tert-OH is 1. The molecule has 13 heavy (non-hydrogen) atoms. The maximum Gasteiger partial charge on any atom is 0.337 e. The van der Waals surface area contributed by atoms with Crippen molar-refractivity contribution < 1.29 is 15.0 Å². The average Bonchev–Trinajstić information content (AvgIpc) is 2.16. The van der Waals surface area contributed by atoms with Gasteiger partial charge in [0.05, 0.1) is 18.2 Å². The molecule has 0 saturated carbocycles. The first kappa shape index (κ1) is 9.63. The van der Waals surface area contributed by atoms with Gasteiger partial charge in [-0.3, -0.25) is 4.98 Å². The number of carbonyl (C=O) groups is 1. The lowest BCUT2D eigenvalue weighted by Crippen LogP contribution is -2.18. The van der Waals surface area contributed by atoms with Crippen molar-refractivity contribution >= 4 is 5.97 Å². The van der Waals surface area contributed by atoms with Gasteiger partial charge >= 0.3 is 5.97 Å². The van der Waals surface area contributed by atoms with Gasteiger partial charge in [-0.05, 0) is 11.6 Å². The second-order valence-electron chi connectivity index (χ2n) is 2.56. The minimum Gasteiger partial charge on any atom is -0.478 e. The van der Waals surface area contributed by atoms with E-state index in [2.05, 4.69) is 4.98 Å². The Morgan fingerprint density at radius 1 is 1.69 bits per heavy atom. The monoisotopic (exact) mass is 182 g/mol. The van der Waals surface area contributed by atoms with E-state index in [4.69, 9.17) is 15.9 Å². The van der Waals surface area contributed by atoms with Gasteiger partial charge in [0.1, 0.15) is 0 Å². The molecule has 0 radical (unpaired) electrons. The second kappa shape index (κ2) is 3.97. The van der Waals surface area contributed by atoms with Gasteiger partial charge in [0.25, 0.3) is 0 Å².